The average molecular weight is 265 g/mol. The zero-order valence-electron chi connectivity index (χ0n) is 9.31. The molecule has 17 heavy (non-hydrogen) atoms. The van der Waals surface area contributed by atoms with Crippen molar-refractivity contribution in [2.75, 3.05) is 6.26 Å². The molecule has 1 aromatic carbocycles. The summed E-state index contributed by atoms with van der Waals surface area (Å²) in [6.45, 7) is 0. The third-order valence-corrected chi connectivity index (χ3v) is 3.50. The van der Waals surface area contributed by atoms with E-state index >= 15 is 0 Å². The van der Waals surface area contributed by atoms with Gasteiger partial charge in [0.25, 0.3) is 0 Å². The Morgan fingerprint density at radius 3 is 2.88 bits per heavy atom. The Labute approximate surface area is 107 Å². The van der Waals surface area contributed by atoms with E-state index in [9.17, 15) is 0 Å². The molecule has 0 spiro atoms. The maximum atomic E-state index is 6.00. The fourth-order valence-corrected chi connectivity index (χ4v) is 2.37. The first kappa shape index (κ1) is 10.8. The van der Waals surface area contributed by atoms with Gasteiger partial charge in [-0.2, -0.15) is 0 Å². The van der Waals surface area contributed by atoms with Crippen LogP contribution in [0.15, 0.2) is 23.4 Å². The monoisotopic (exact) mass is 264 g/mol. The summed E-state index contributed by atoms with van der Waals surface area (Å²) in [6, 6.07) is 5.74. The lowest BCUT2D eigenvalue weighted by Crippen LogP contribution is -1.94. The maximum Gasteiger partial charge on any atom is 0.210 e. The van der Waals surface area contributed by atoms with E-state index in [0.29, 0.717) is 10.2 Å². The van der Waals surface area contributed by atoms with Gasteiger partial charge >= 0.3 is 0 Å². The highest BCUT2D eigenvalue weighted by atomic mass is 35.5. The average Bonchev–Trinajstić information content (AvgIpc) is 2.62. The Balaban J connectivity index is 2.49. The van der Waals surface area contributed by atoms with Crippen molar-refractivity contribution in [3.63, 3.8) is 0 Å². The van der Waals surface area contributed by atoms with E-state index in [1.165, 1.54) is 11.8 Å². The highest BCUT2D eigenvalue weighted by Gasteiger charge is 2.12. The smallest absolute Gasteiger partial charge is 0.210 e. The number of thioether (sulfide) groups is 1. The predicted octanol–water partition coefficient (Wildman–Crippen LogP) is 2.89. The van der Waals surface area contributed by atoms with Crippen molar-refractivity contribution in [1.29, 1.82) is 0 Å². The van der Waals surface area contributed by atoms with Gasteiger partial charge < -0.3 is 4.57 Å². The largest absolute Gasteiger partial charge is 0.327 e. The molecule has 2 aromatic heterocycles. The molecule has 0 fully saturated rings. The normalized spacial score (nSPS) is 11.5. The van der Waals surface area contributed by atoms with Gasteiger partial charge in [0, 0.05) is 17.5 Å². The first-order chi connectivity index (χ1) is 8.20. The van der Waals surface area contributed by atoms with Gasteiger partial charge in [-0.15, -0.1) is 10.2 Å². The van der Waals surface area contributed by atoms with Gasteiger partial charge in [0.2, 0.25) is 5.16 Å². The summed E-state index contributed by atoms with van der Waals surface area (Å²) in [4.78, 5) is 4.47. The number of aryl methyl sites for hydroxylation is 1. The molecule has 0 aliphatic rings. The van der Waals surface area contributed by atoms with Crippen LogP contribution < -0.4 is 0 Å². The van der Waals surface area contributed by atoms with Crippen molar-refractivity contribution in [3.8, 4) is 0 Å². The summed E-state index contributed by atoms with van der Waals surface area (Å²) in [5.74, 6) is 0. The lowest BCUT2D eigenvalue weighted by molar-refractivity contribution is 0.857. The van der Waals surface area contributed by atoms with E-state index in [1.54, 1.807) is 0 Å². The molecular weight excluding hydrogens is 256 g/mol. The molecular formula is C11H9ClN4S. The van der Waals surface area contributed by atoms with Crippen molar-refractivity contribution >= 4 is 45.4 Å². The molecule has 0 unspecified atom stereocenters. The molecule has 0 atom stereocenters. The van der Waals surface area contributed by atoms with E-state index in [1.807, 2.05) is 36.1 Å². The number of hydrogen-bond donors (Lipinski definition) is 0. The molecule has 0 radical (unpaired) electrons. The van der Waals surface area contributed by atoms with Crippen LogP contribution in [0.1, 0.15) is 0 Å². The quantitative estimate of drug-likeness (QED) is 0.634. The first-order valence-corrected chi connectivity index (χ1v) is 6.63. The number of hydrogen-bond acceptors (Lipinski definition) is 4. The van der Waals surface area contributed by atoms with Crippen LogP contribution in [0, 0.1) is 0 Å². The van der Waals surface area contributed by atoms with Crippen LogP contribution in [-0.4, -0.2) is 26.0 Å². The molecule has 2 heterocycles. The van der Waals surface area contributed by atoms with Gasteiger partial charge in [-0.25, -0.2) is 4.98 Å². The minimum absolute atomic E-state index is 0.675. The maximum absolute atomic E-state index is 6.00. The van der Waals surface area contributed by atoms with Gasteiger partial charge in [0.1, 0.15) is 5.52 Å². The van der Waals surface area contributed by atoms with Crippen molar-refractivity contribution < 1.29 is 0 Å². The molecule has 0 saturated heterocycles. The van der Waals surface area contributed by atoms with Gasteiger partial charge in [0.05, 0.1) is 5.52 Å². The molecule has 0 bridgehead atoms. The number of nitrogens with zero attached hydrogens (tertiary/aromatic N) is 4. The number of benzene rings is 1. The number of halogens is 1. The summed E-state index contributed by atoms with van der Waals surface area (Å²) in [5.41, 5.74) is 2.69. The van der Waals surface area contributed by atoms with Gasteiger partial charge in [-0.05, 0) is 24.5 Å². The Morgan fingerprint density at radius 1 is 1.29 bits per heavy atom. The van der Waals surface area contributed by atoms with Crippen LogP contribution in [0.4, 0.5) is 0 Å². The van der Waals surface area contributed by atoms with Crippen molar-refractivity contribution in [3.05, 3.63) is 23.2 Å². The summed E-state index contributed by atoms with van der Waals surface area (Å²) in [5, 5.41) is 10.7. The second-order valence-electron chi connectivity index (χ2n) is 3.69. The Morgan fingerprint density at radius 2 is 2.12 bits per heavy atom. The molecule has 0 aliphatic heterocycles. The molecule has 0 saturated carbocycles. The van der Waals surface area contributed by atoms with Crippen LogP contribution in [0.2, 0.25) is 5.02 Å². The third kappa shape index (κ3) is 1.57. The Kier molecular flexibility index (Phi) is 2.45. The lowest BCUT2D eigenvalue weighted by atomic mass is 10.2. The molecule has 0 amide bonds. The second-order valence-corrected chi connectivity index (χ2v) is 4.90. The van der Waals surface area contributed by atoms with E-state index in [4.69, 9.17) is 11.6 Å². The predicted molar refractivity (Wildman–Crippen MR) is 70.6 cm³/mol. The zero-order valence-corrected chi connectivity index (χ0v) is 10.9. The first-order valence-electron chi connectivity index (χ1n) is 5.03. The summed E-state index contributed by atoms with van der Waals surface area (Å²) >= 11 is 7.49. The second kappa shape index (κ2) is 3.85. The van der Waals surface area contributed by atoms with E-state index in [0.717, 1.165) is 22.1 Å². The van der Waals surface area contributed by atoms with Gasteiger partial charge in [-0.1, -0.05) is 23.4 Å². The number of aromatic nitrogens is 4. The SMILES string of the molecule is CSc1nnc2c3cc(Cl)ccc3n(C)c2n1. The van der Waals surface area contributed by atoms with Crippen molar-refractivity contribution in [2.45, 2.75) is 5.16 Å². The molecule has 6 heteroatoms. The standard InChI is InChI=1S/C11H9ClN4S/c1-16-8-4-3-6(12)5-7(8)9-10(16)13-11(17-2)15-14-9/h3-5H,1-2H3. The lowest BCUT2D eigenvalue weighted by Gasteiger charge is -1.97. The molecule has 0 N–H and O–H groups in total. The van der Waals surface area contributed by atoms with Crippen LogP contribution in [-0.2, 0) is 7.05 Å². The Hall–Kier alpha value is -1.33. The van der Waals surface area contributed by atoms with E-state index in [-0.39, 0.29) is 0 Å². The van der Waals surface area contributed by atoms with Gasteiger partial charge in [-0.3, -0.25) is 0 Å². The summed E-state index contributed by atoms with van der Waals surface area (Å²) < 4.78 is 2.01. The minimum atomic E-state index is 0.675. The molecule has 4 nitrogen and oxygen atoms in total. The van der Waals surface area contributed by atoms with Crippen molar-refractivity contribution in [2.24, 2.45) is 7.05 Å². The summed E-state index contributed by atoms with van der Waals surface area (Å²) in [7, 11) is 1.97. The van der Waals surface area contributed by atoms with Crippen LogP contribution in [0.5, 0.6) is 0 Å². The molecule has 3 aromatic rings. The zero-order chi connectivity index (χ0) is 12.0. The molecule has 86 valence electrons. The number of rotatable bonds is 1. The Bertz CT molecular complexity index is 722. The number of fused-ring (bicyclic) bond motifs is 3. The highest BCUT2D eigenvalue weighted by molar-refractivity contribution is 7.98. The van der Waals surface area contributed by atoms with E-state index in [2.05, 4.69) is 15.2 Å². The minimum Gasteiger partial charge on any atom is -0.327 e. The molecule has 3 rings (SSSR count). The van der Waals surface area contributed by atoms with Gasteiger partial charge in [0.15, 0.2) is 5.65 Å². The van der Waals surface area contributed by atoms with Crippen LogP contribution in [0.25, 0.3) is 22.1 Å². The third-order valence-electron chi connectivity index (χ3n) is 2.72. The van der Waals surface area contributed by atoms with Crippen LogP contribution in [0.3, 0.4) is 0 Å². The van der Waals surface area contributed by atoms with Crippen molar-refractivity contribution in [1.82, 2.24) is 19.7 Å². The van der Waals surface area contributed by atoms with E-state index < -0.39 is 0 Å². The fraction of sp³-hybridized carbons (Fsp3) is 0.182. The molecule has 0 aliphatic carbocycles. The van der Waals surface area contributed by atoms with Crippen LogP contribution >= 0.6 is 23.4 Å². The fourth-order valence-electron chi connectivity index (χ4n) is 1.90. The topological polar surface area (TPSA) is 43.6 Å². The summed E-state index contributed by atoms with van der Waals surface area (Å²) in [6.07, 6.45) is 1.93. The highest BCUT2D eigenvalue weighted by Crippen LogP contribution is 2.28.